The lowest BCUT2D eigenvalue weighted by molar-refractivity contribution is 0.241. The Bertz CT molecular complexity index is 1430. The number of hydrogen-bond donors (Lipinski definition) is 1. The quantitative estimate of drug-likeness (QED) is 0.200. The highest BCUT2D eigenvalue weighted by molar-refractivity contribution is 5.68. The molecule has 4 heteroatoms. The number of nitrogens with zero attached hydrogens (tertiary/aromatic N) is 3. The average Bonchev–Trinajstić information content (AvgIpc) is 3.31. The zero-order chi connectivity index (χ0) is 26.2. The molecule has 0 amide bonds. The van der Waals surface area contributed by atoms with Crippen molar-refractivity contribution < 1.29 is 5.11 Å². The van der Waals surface area contributed by atoms with Crippen molar-refractivity contribution in [3.05, 3.63) is 132 Å². The fourth-order valence-corrected chi connectivity index (χ4v) is 4.97. The highest BCUT2D eigenvalue weighted by Crippen LogP contribution is 2.32. The second kappa shape index (κ2) is 12.4. The lowest BCUT2D eigenvalue weighted by atomic mass is 10.1. The molecule has 1 heterocycles. The van der Waals surface area contributed by atoms with Crippen molar-refractivity contribution in [3.63, 3.8) is 0 Å². The van der Waals surface area contributed by atoms with E-state index in [0.717, 1.165) is 67.2 Å². The van der Waals surface area contributed by atoms with Gasteiger partial charge in [0.05, 0.1) is 11.4 Å². The Hall–Kier alpha value is -4.15. The van der Waals surface area contributed by atoms with Gasteiger partial charge < -0.3 is 9.67 Å². The third-order valence-electron chi connectivity index (χ3n) is 6.83. The molecule has 0 aliphatic carbocycles. The molecule has 0 aliphatic rings. The van der Waals surface area contributed by atoms with Gasteiger partial charge in [0, 0.05) is 37.3 Å². The van der Waals surface area contributed by atoms with Crippen LogP contribution in [0.2, 0.25) is 0 Å². The average molecular weight is 502 g/mol. The summed E-state index contributed by atoms with van der Waals surface area (Å²) >= 11 is 0. The molecule has 1 aromatic heterocycles. The van der Waals surface area contributed by atoms with E-state index in [2.05, 4.69) is 113 Å². The Kier molecular flexibility index (Phi) is 8.32. The van der Waals surface area contributed by atoms with Crippen LogP contribution in [0, 0.1) is 0 Å². The van der Waals surface area contributed by atoms with Gasteiger partial charge in [0.2, 0.25) is 0 Å². The number of aromatic hydroxyl groups is 1. The van der Waals surface area contributed by atoms with Crippen LogP contribution in [0.3, 0.4) is 0 Å². The van der Waals surface area contributed by atoms with Crippen LogP contribution in [0.25, 0.3) is 22.6 Å². The third-order valence-corrected chi connectivity index (χ3v) is 6.83. The molecule has 192 valence electrons. The summed E-state index contributed by atoms with van der Waals surface area (Å²) in [6.07, 6.45) is 2.20. The second-order valence-corrected chi connectivity index (χ2v) is 9.77. The molecule has 1 N–H and O–H groups in total. The first-order chi connectivity index (χ1) is 18.7. The molecule has 4 nitrogen and oxygen atoms in total. The Balaban J connectivity index is 1.61. The van der Waals surface area contributed by atoms with Gasteiger partial charge in [-0.3, -0.25) is 4.90 Å². The molecular weight excluding hydrogens is 466 g/mol. The van der Waals surface area contributed by atoms with Crippen LogP contribution in [-0.4, -0.2) is 19.6 Å². The molecule has 0 radical (unpaired) electrons. The zero-order valence-corrected chi connectivity index (χ0v) is 22.0. The molecule has 4 aromatic carbocycles. The monoisotopic (exact) mass is 501 g/mol. The molecular formula is C34H35N3O. The standard InChI is InChI=1S/C34H35N3O/c1-2-3-22-37-32(33(29-17-9-5-10-18-29)35-34(37)30-19-11-6-12-20-30)26-36(24-27-14-7-4-8-15-27)25-28-16-13-21-31(38)23-28/h4-21,23,38H,2-3,22,24-26H2,1H3. The predicted octanol–water partition coefficient (Wildman–Crippen LogP) is 7.93. The van der Waals surface area contributed by atoms with Crippen LogP contribution in [0.15, 0.2) is 115 Å². The van der Waals surface area contributed by atoms with Gasteiger partial charge in [-0.1, -0.05) is 116 Å². The SMILES string of the molecule is CCCCn1c(-c2ccccc2)nc(-c2ccccc2)c1CN(Cc1ccccc1)Cc1cccc(O)c1. The van der Waals surface area contributed by atoms with Crippen LogP contribution in [0.4, 0.5) is 0 Å². The number of rotatable bonds is 11. The van der Waals surface area contributed by atoms with Crippen LogP contribution < -0.4 is 0 Å². The first-order valence-electron chi connectivity index (χ1n) is 13.5. The number of aromatic nitrogens is 2. The largest absolute Gasteiger partial charge is 0.508 e. The van der Waals surface area contributed by atoms with Gasteiger partial charge in [0.25, 0.3) is 0 Å². The second-order valence-electron chi connectivity index (χ2n) is 9.77. The van der Waals surface area contributed by atoms with Crippen molar-refractivity contribution >= 4 is 0 Å². The summed E-state index contributed by atoms with van der Waals surface area (Å²) in [6, 6.07) is 39.2. The van der Waals surface area contributed by atoms with E-state index in [-0.39, 0.29) is 0 Å². The lowest BCUT2D eigenvalue weighted by Gasteiger charge is -2.24. The number of benzene rings is 4. The van der Waals surface area contributed by atoms with E-state index in [1.165, 1.54) is 11.3 Å². The van der Waals surface area contributed by atoms with Crippen LogP contribution >= 0.6 is 0 Å². The van der Waals surface area contributed by atoms with E-state index < -0.39 is 0 Å². The molecule has 0 bridgehead atoms. The highest BCUT2D eigenvalue weighted by Gasteiger charge is 2.22. The molecule has 0 saturated heterocycles. The molecule has 0 atom stereocenters. The van der Waals surface area contributed by atoms with Crippen molar-refractivity contribution in [2.24, 2.45) is 0 Å². The minimum absolute atomic E-state index is 0.298. The number of phenols is 1. The van der Waals surface area contributed by atoms with Gasteiger partial charge in [-0.25, -0.2) is 4.98 Å². The molecule has 5 rings (SSSR count). The first-order valence-corrected chi connectivity index (χ1v) is 13.5. The maximum absolute atomic E-state index is 10.1. The van der Waals surface area contributed by atoms with E-state index in [9.17, 15) is 5.11 Å². The van der Waals surface area contributed by atoms with E-state index in [1.54, 1.807) is 6.07 Å². The maximum Gasteiger partial charge on any atom is 0.140 e. The highest BCUT2D eigenvalue weighted by atomic mass is 16.3. The van der Waals surface area contributed by atoms with Gasteiger partial charge in [-0.2, -0.15) is 0 Å². The van der Waals surface area contributed by atoms with Crippen molar-refractivity contribution in [2.45, 2.75) is 45.9 Å². The van der Waals surface area contributed by atoms with Crippen molar-refractivity contribution in [1.82, 2.24) is 14.5 Å². The number of phenolic OH excluding ortho intramolecular Hbond substituents is 1. The molecule has 5 aromatic rings. The van der Waals surface area contributed by atoms with E-state index in [4.69, 9.17) is 4.98 Å². The Morgan fingerprint density at radius 1 is 0.684 bits per heavy atom. The number of unbranched alkanes of at least 4 members (excludes halogenated alkanes) is 1. The molecule has 0 unspecified atom stereocenters. The Morgan fingerprint density at radius 2 is 1.29 bits per heavy atom. The van der Waals surface area contributed by atoms with E-state index >= 15 is 0 Å². The summed E-state index contributed by atoms with van der Waals surface area (Å²) in [5.41, 5.74) is 6.87. The normalized spacial score (nSPS) is 11.2. The van der Waals surface area contributed by atoms with Crippen LogP contribution in [0.5, 0.6) is 5.75 Å². The van der Waals surface area contributed by atoms with Gasteiger partial charge >= 0.3 is 0 Å². The van der Waals surface area contributed by atoms with Crippen molar-refractivity contribution in [2.75, 3.05) is 0 Å². The molecule has 0 fully saturated rings. The van der Waals surface area contributed by atoms with E-state index in [0.29, 0.717) is 5.75 Å². The fraction of sp³-hybridized carbons (Fsp3) is 0.206. The minimum atomic E-state index is 0.298. The predicted molar refractivity (Wildman–Crippen MR) is 156 cm³/mol. The summed E-state index contributed by atoms with van der Waals surface area (Å²) in [4.78, 5) is 7.73. The summed E-state index contributed by atoms with van der Waals surface area (Å²) in [7, 11) is 0. The van der Waals surface area contributed by atoms with Crippen LogP contribution in [0.1, 0.15) is 36.6 Å². The topological polar surface area (TPSA) is 41.3 Å². The summed E-state index contributed by atoms with van der Waals surface area (Å²) in [5, 5.41) is 10.1. The van der Waals surface area contributed by atoms with Gasteiger partial charge in [0.15, 0.2) is 0 Å². The fourth-order valence-electron chi connectivity index (χ4n) is 4.97. The zero-order valence-electron chi connectivity index (χ0n) is 22.0. The van der Waals surface area contributed by atoms with Crippen molar-refractivity contribution in [3.8, 4) is 28.4 Å². The van der Waals surface area contributed by atoms with Gasteiger partial charge in [-0.15, -0.1) is 0 Å². The molecule has 0 aliphatic heterocycles. The third kappa shape index (κ3) is 6.21. The Morgan fingerprint density at radius 3 is 1.95 bits per heavy atom. The summed E-state index contributed by atoms with van der Waals surface area (Å²) in [6.45, 7) is 5.40. The molecule has 0 spiro atoms. The molecule has 38 heavy (non-hydrogen) atoms. The van der Waals surface area contributed by atoms with Crippen LogP contribution in [-0.2, 0) is 26.2 Å². The van der Waals surface area contributed by atoms with Gasteiger partial charge in [0.1, 0.15) is 11.6 Å². The van der Waals surface area contributed by atoms with Crippen molar-refractivity contribution in [1.29, 1.82) is 0 Å². The number of imidazole rings is 1. The molecule has 0 saturated carbocycles. The van der Waals surface area contributed by atoms with E-state index in [1.807, 2.05) is 12.1 Å². The Labute approximate surface area is 225 Å². The minimum Gasteiger partial charge on any atom is -0.508 e. The maximum atomic E-state index is 10.1. The van der Waals surface area contributed by atoms with Gasteiger partial charge in [-0.05, 0) is 29.7 Å². The summed E-state index contributed by atoms with van der Waals surface area (Å²) < 4.78 is 2.43. The lowest BCUT2D eigenvalue weighted by Crippen LogP contribution is -2.24. The summed E-state index contributed by atoms with van der Waals surface area (Å²) in [5.74, 6) is 1.32. The number of hydrogen-bond acceptors (Lipinski definition) is 3. The first kappa shape index (κ1) is 25.5. The smallest absolute Gasteiger partial charge is 0.140 e.